The minimum atomic E-state index is -0.106. The number of carbonyl (C=O) groups is 1. The average Bonchev–Trinajstić information content (AvgIpc) is 3.00. The second-order valence-corrected chi connectivity index (χ2v) is 5.81. The molecule has 1 aromatic heterocycles. The average molecular weight is 315 g/mol. The van der Waals surface area contributed by atoms with Crippen molar-refractivity contribution >= 4 is 11.6 Å². The highest BCUT2D eigenvalue weighted by atomic mass is 16.4. The lowest BCUT2D eigenvalue weighted by molar-refractivity contribution is -0.116. The number of benzene rings is 1. The molecule has 1 heterocycles. The summed E-state index contributed by atoms with van der Waals surface area (Å²) in [5.74, 6) is 1.33. The van der Waals surface area contributed by atoms with Gasteiger partial charge in [-0.2, -0.15) is 0 Å². The summed E-state index contributed by atoms with van der Waals surface area (Å²) < 4.78 is 5.56. The third kappa shape index (κ3) is 4.96. The molecule has 0 saturated heterocycles. The van der Waals surface area contributed by atoms with Gasteiger partial charge < -0.3 is 14.8 Å². The molecule has 2 rings (SSSR count). The first-order valence-electron chi connectivity index (χ1n) is 8.24. The van der Waals surface area contributed by atoms with E-state index in [0.29, 0.717) is 12.2 Å². The lowest BCUT2D eigenvalue weighted by Gasteiger charge is -2.09. The number of aliphatic hydroxyl groups is 1. The predicted octanol–water partition coefficient (Wildman–Crippen LogP) is 4.66. The molecule has 0 bridgehead atoms. The van der Waals surface area contributed by atoms with Gasteiger partial charge in [-0.1, -0.05) is 26.2 Å². The van der Waals surface area contributed by atoms with Crippen LogP contribution in [-0.2, 0) is 11.4 Å². The zero-order valence-corrected chi connectivity index (χ0v) is 13.9. The second-order valence-electron chi connectivity index (χ2n) is 5.81. The van der Waals surface area contributed by atoms with Crippen LogP contribution < -0.4 is 5.32 Å². The van der Waals surface area contributed by atoms with E-state index in [-0.39, 0.29) is 12.5 Å². The SMILES string of the molecule is CCCCCCC(=O)Nc1ccc(-c2ccc(CO)o2)c(C)c1. The summed E-state index contributed by atoms with van der Waals surface area (Å²) in [6.07, 6.45) is 4.96. The molecule has 124 valence electrons. The van der Waals surface area contributed by atoms with Crippen molar-refractivity contribution in [3.8, 4) is 11.3 Å². The van der Waals surface area contributed by atoms with Crippen molar-refractivity contribution in [2.45, 2.75) is 52.6 Å². The highest BCUT2D eigenvalue weighted by Crippen LogP contribution is 2.27. The van der Waals surface area contributed by atoms with E-state index in [0.717, 1.165) is 35.4 Å². The highest BCUT2D eigenvalue weighted by Gasteiger charge is 2.09. The third-order valence-corrected chi connectivity index (χ3v) is 3.85. The zero-order valence-electron chi connectivity index (χ0n) is 13.9. The van der Waals surface area contributed by atoms with Crippen molar-refractivity contribution in [1.29, 1.82) is 0 Å². The Morgan fingerprint density at radius 1 is 1.17 bits per heavy atom. The summed E-state index contributed by atoms with van der Waals surface area (Å²) >= 11 is 0. The van der Waals surface area contributed by atoms with E-state index in [2.05, 4.69) is 12.2 Å². The maximum Gasteiger partial charge on any atom is 0.224 e. The molecule has 0 unspecified atom stereocenters. The molecular formula is C19H25NO3. The summed E-state index contributed by atoms with van der Waals surface area (Å²) in [6.45, 7) is 4.03. The first-order valence-corrected chi connectivity index (χ1v) is 8.24. The molecule has 4 heteroatoms. The Morgan fingerprint density at radius 2 is 2.00 bits per heavy atom. The molecule has 0 radical (unpaired) electrons. The fourth-order valence-electron chi connectivity index (χ4n) is 2.56. The topological polar surface area (TPSA) is 62.5 Å². The normalized spacial score (nSPS) is 10.7. The van der Waals surface area contributed by atoms with Crippen LogP contribution >= 0.6 is 0 Å². The molecule has 2 aromatic rings. The van der Waals surface area contributed by atoms with Gasteiger partial charge in [-0.15, -0.1) is 0 Å². The van der Waals surface area contributed by atoms with E-state index < -0.39 is 0 Å². The number of hydrogen-bond acceptors (Lipinski definition) is 3. The van der Waals surface area contributed by atoms with Crippen molar-refractivity contribution in [2.24, 2.45) is 0 Å². The molecule has 2 N–H and O–H groups in total. The Bertz CT molecular complexity index is 646. The molecule has 1 aromatic carbocycles. The van der Waals surface area contributed by atoms with Crippen LogP contribution in [0, 0.1) is 6.92 Å². The van der Waals surface area contributed by atoms with Gasteiger partial charge in [-0.05, 0) is 49.2 Å². The summed E-state index contributed by atoms with van der Waals surface area (Å²) in [7, 11) is 0. The van der Waals surface area contributed by atoms with Gasteiger partial charge in [0.25, 0.3) is 0 Å². The number of rotatable bonds is 8. The largest absolute Gasteiger partial charge is 0.459 e. The minimum absolute atomic E-state index is 0.0637. The molecule has 0 aliphatic heterocycles. The van der Waals surface area contributed by atoms with E-state index in [4.69, 9.17) is 9.52 Å². The summed E-state index contributed by atoms with van der Waals surface area (Å²) in [5, 5.41) is 12.0. The van der Waals surface area contributed by atoms with E-state index in [1.165, 1.54) is 12.8 Å². The highest BCUT2D eigenvalue weighted by molar-refractivity contribution is 5.91. The van der Waals surface area contributed by atoms with Crippen LogP contribution in [0.15, 0.2) is 34.7 Å². The number of hydrogen-bond donors (Lipinski definition) is 2. The van der Waals surface area contributed by atoms with Gasteiger partial charge in [0.05, 0.1) is 0 Å². The fraction of sp³-hybridized carbons (Fsp3) is 0.421. The van der Waals surface area contributed by atoms with Gasteiger partial charge in [0.15, 0.2) is 0 Å². The van der Waals surface area contributed by atoms with E-state index >= 15 is 0 Å². The maximum absolute atomic E-state index is 11.9. The van der Waals surface area contributed by atoms with Crippen LogP contribution in [0.4, 0.5) is 5.69 Å². The van der Waals surface area contributed by atoms with Crippen LogP contribution in [0.3, 0.4) is 0 Å². The number of carbonyl (C=O) groups excluding carboxylic acids is 1. The van der Waals surface area contributed by atoms with Gasteiger partial charge in [0, 0.05) is 17.7 Å². The van der Waals surface area contributed by atoms with Crippen LogP contribution in [0.2, 0.25) is 0 Å². The van der Waals surface area contributed by atoms with Crippen LogP contribution in [0.25, 0.3) is 11.3 Å². The molecule has 0 saturated carbocycles. The van der Waals surface area contributed by atoms with E-state index in [9.17, 15) is 4.79 Å². The lowest BCUT2D eigenvalue weighted by atomic mass is 10.1. The molecule has 4 nitrogen and oxygen atoms in total. The Morgan fingerprint density at radius 3 is 2.65 bits per heavy atom. The van der Waals surface area contributed by atoms with Crippen molar-refractivity contribution in [2.75, 3.05) is 5.32 Å². The summed E-state index contributed by atoms with van der Waals surface area (Å²) in [4.78, 5) is 11.9. The van der Waals surface area contributed by atoms with Gasteiger partial charge in [-0.3, -0.25) is 4.79 Å². The number of aliphatic hydroxyl groups excluding tert-OH is 1. The monoisotopic (exact) mass is 315 g/mol. The Labute approximate surface area is 137 Å². The van der Waals surface area contributed by atoms with Crippen LogP contribution in [0.1, 0.15) is 50.4 Å². The molecule has 0 aliphatic carbocycles. The number of aryl methyl sites for hydroxylation is 1. The Hall–Kier alpha value is -2.07. The minimum Gasteiger partial charge on any atom is -0.459 e. The smallest absolute Gasteiger partial charge is 0.224 e. The molecule has 23 heavy (non-hydrogen) atoms. The zero-order chi connectivity index (χ0) is 16.7. The first kappa shape index (κ1) is 17.3. The van der Waals surface area contributed by atoms with Crippen molar-refractivity contribution in [3.05, 3.63) is 41.7 Å². The second kappa shape index (κ2) is 8.53. The first-order chi connectivity index (χ1) is 11.1. The number of unbranched alkanes of at least 4 members (excludes halogenated alkanes) is 3. The molecule has 0 spiro atoms. The number of anilines is 1. The molecular weight excluding hydrogens is 290 g/mol. The standard InChI is InChI=1S/C19H25NO3/c1-3-4-5-6-7-19(22)20-15-8-10-17(14(2)12-15)18-11-9-16(13-21)23-18/h8-12,21H,3-7,13H2,1-2H3,(H,20,22). The van der Waals surface area contributed by atoms with Crippen LogP contribution in [0.5, 0.6) is 0 Å². The number of furan rings is 1. The van der Waals surface area contributed by atoms with E-state index in [1.54, 1.807) is 6.07 Å². The van der Waals surface area contributed by atoms with Crippen LogP contribution in [-0.4, -0.2) is 11.0 Å². The number of amides is 1. The van der Waals surface area contributed by atoms with Gasteiger partial charge in [0.1, 0.15) is 18.1 Å². The molecule has 0 fully saturated rings. The Balaban J connectivity index is 1.97. The summed E-state index contributed by atoms with van der Waals surface area (Å²) in [5.41, 5.74) is 2.79. The molecule has 0 atom stereocenters. The third-order valence-electron chi connectivity index (χ3n) is 3.85. The molecule has 0 aliphatic rings. The maximum atomic E-state index is 11.9. The summed E-state index contributed by atoms with van der Waals surface area (Å²) in [6, 6.07) is 9.37. The molecule has 1 amide bonds. The Kier molecular flexibility index (Phi) is 6.41. The fourth-order valence-corrected chi connectivity index (χ4v) is 2.56. The van der Waals surface area contributed by atoms with E-state index in [1.807, 2.05) is 31.2 Å². The quantitative estimate of drug-likeness (QED) is 0.697. The van der Waals surface area contributed by atoms with Gasteiger partial charge in [-0.25, -0.2) is 0 Å². The van der Waals surface area contributed by atoms with Crippen molar-refractivity contribution in [1.82, 2.24) is 0 Å². The number of nitrogens with one attached hydrogen (secondary N) is 1. The van der Waals surface area contributed by atoms with Crippen molar-refractivity contribution < 1.29 is 14.3 Å². The van der Waals surface area contributed by atoms with Gasteiger partial charge >= 0.3 is 0 Å². The predicted molar refractivity (Wildman–Crippen MR) is 92.2 cm³/mol. The van der Waals surface area contributed by atoms with Crippen molar-refractivity contribution in [3.63, 3.8) is 0 Å². The lowest BCUT2D eigenvalue weighted by Crippen LogP contribution is -2.11. The van der Waals surface area contributed by atoms with Gasteiger partial charge in [0.2, 0.25) is 5.91 Å².